The van der Waals surface area contributed by atoms with E-state index in [1.165, 1.54) is 32.6 Å². The Bertz CT molecular complexity index is 244. The Morgan fingerprint density at radius 1 is 1.24 bits per heavy atom. The predicted molar refractivity (Wildman–Crippen MR) is 70.7 cm³/mol. The van der Waals surface area contributed by atoms with Gasteiger partial charge in [-0.25, -0.2) is 0 Å². The van der Waals surface area contributed by atoms with Gasteiger partial charge in [-0.05, 0) is 49.4 Å². The van der Waals surface area contributed by atoms with Crippen LogP contribution >= 0.6 is 0 Å². The lowest BCUT2D eigenvalue weighted by Gasteiger charge is -2.39. The molecule has 0 aromatic carbocycles. The summed E-state index contributed by atoms with van der Waals surface area (Å²) < 4.78 is 5.42. The summed E-state index contributed by atoms with van der Waals surface area (Å²) >= 11 is 0. The first-order valence-corrected chi connectivity index (χ1v) is 7.01. The minimum atomic E-state index is -0.130. The highest BCUT2D eigenvalue weighted by atomic mass is 16.5. The molecule has 1 unspecified atom stereocenters. The Hall–Kier alpha value is -0.530. The van der Waals surface area contributed by atoms with Crippen molar-refractivity contribution in [3.8, 4) is 0 Å². The number of carbonyl (C=O) groups excluding carboxylic acids is 1. The molecule has 1 saturated carbocycles. The normalized spacial score (nSPS) is 27.6. The molecule has 0 radical (unpaired) electrons. The maximum Gasteiger partial charge on any atom is 0.302 e. The smallest absolute Gasteiger partial charge is 0.302 e. The highest BCUT2D eigenvalue weighted by Crippen LogP contribution is 2.41. The average Bonchev–Trinajstić information content (AvgIpc) is 2.24. The Morgan fingerprint density at radius 3 is 2.12 bits per heavy atom. The van der Waals surface area contributed by atoms with E-state index in [9.17, 15) is 4.79 Å². The van der Waals surface area contributed by atoms with Gasteiger partial charge in [-0.2, -0.15) is 0 Å². The van der Waals surface area contributed by atoms with Crippen LogP contribution in [0.25, 0.3) is 0 Å². The molecule has 0 N–H and O–H groups in total. The third-order valence-corrected chi connectivity index (χ3v) is 4.24. The molecule has 1 fully saturated rings. The van der Waals surface area contributed by atoms with Crippen molar-refractivity contribution in [2.75, 3.05) is 0 Å². The third kappa shape index (κ3) is 4.33. The molecular weight excluding hydrogens is 212 g/mol. The van der Waals surface area contributed by atoms with E-state index in [4.69, 9.17) is 4.74 Å². The van der Waals surface area contributed by atoms with Crippen LogP contribution < -0.4 is 0 Å². The van der Waals surface area contributed by atoms with Gasteiger partial charge in [0.2, 0.25) is 0 Å². The molecule has 0 aromatic rings. The molecule has 1 atom stereocenters. The van der Waals surface area contributed by atoms with Gasteiger partial charge in [0.05, 0.1) is 0 Å². The van der Waals surface area contributed by atoms with Crippen molar-refractivity contribution < 1.29 is 9.53 Å². The minimum absolute atomic E-state index is 0.130. The zero-order chi connectivity index (χ0) is 13.1. The maximum absolute atomic E-state index is 11.1. The van der Waals surface area contributed by atoms with E-state index in [0.29, 0.717) is 11.3 Å². The van der Waals surface area contributed by atoms with Crippen LogP contribution in [0.4, 0.5) is 0 Å². The van der Waals surface area contributed by atoms with E-state index < -0.39 is 0 Å². The van der Waals surface area contributed by atoms with E-state index in [1.54, 1.807) is 0 Å². The highest BCUT2D eigenvalue weighted by Gasteiger charge is 2.33. The zero-order valence-corrected chi connectivity index (χ0v) is 12.1. The number of ether oxygens (including phenoxy) is 1. The van der Waals surface area contributed by atoms with Crippen molar-refractivity contribution in [2.24, 2.45) is 17.3 Å². The van der Waals surface area contributed by atoms with Gasteiger partial charge in [0.25, 0.3) is 0 Å². The molecule has 0 spiro atoms. The average molecular weight is 240 g/mol. The fourth-order valence-corrected chi connectivity index (χ4v) is 3.08. The number of hydrogen-bond donors (Lipinski definition) is 0. The summed E-state index contributed by atoms with van der Waals surface area (Å²) in [6.45, 7) is 10.6. The summed E-state index contributed by atoms with van der Waals surface area (Å²) in [5, 5.41) is 0. The van der Waals surface area contributed by atoms with Crippen LogP contribution in [0.2, 0.25) is 0 Å². The Morgan fingerprint density at radius 2 is 1.76 bits per heavy atom. The molecule has 0 heterocycles. The van der Waals surface area contributed by atoms with Crippen molar-refractivity contribution in [1.29, 1.82) is 0 Å². The van der Waals surface area contributed by atoms with E-state index in [-0.39, 0.29) is 12.1 Å². The SMILES string of the molecule is CCC(OC(C)=O)C1CCC(C(C)(C)C)CC1. The van der Waals surface area contributed by atoms with Crippen LogP contribution in [0.5, 0.6) is 0 Å². The first kappa shape index (κ1) is 14.5. The fourth-order valence-electron chi connectivity index (χ4n) is 3.08. The molecule has 1 rings (SSSR count). The molecule has 0 saturated heterocycles. The fraction of sp³-hybridized carbons (Fsp3) is 0.933. The van der Waals surface area contributed by atoms with Gasteiger partial charge < -0.3 is 4.74 Å². The van der Waals surface area contributed by atoms with Gasteiger partial charge in [0.15, 0.2) is 0 Å². The van der Waals surface area contributed by atoms with Crippen molar-refractivity contribution in [3.63, 3.8) is 0 Å². The van der Waals surface area contributed by atoms with Crippen molar-refractivity contribution in [3.05, 3.63) is 0 Å². The van der Waals surface area contributed by atoms with Crippen LogP contribution in [-0.4, -0.2) is 12.1 Å². The molecule has 0 aliphatic heterocycles. The Labute approximate surface area is 106 Å². The monoisotopic (exact) mass is 240 g/mol. The standard InChI is InChI=1S/C15H28O2/c1-6-14(17-11(2)16)12-7-9-13(10-8-12)15(3,4)5/h12-14H,6-10H2,1-5H3. The van der Waals surface area contributed by atoms with Gasteiger partial charge in [-0.1, -0.05) is 27.7 Å². The Kier molecular flexibility index (Phi) is 5.03. The van der Waals surface area contributed by atoms with Gasteiger partial charge in [-0.15, -0.1) is 0 Å². The maximum atomic E-state index is 11.1. The van der Waals surface area contributed by atoms with E-state index in [0.717, 1.165) is 12.3 Å². The van der Waals surface area contributed by atoms with Crippen molar-refractivity contribution >= 4 is 5.97 Å². The molecule has 17 heavy (non-hydrogen) atoms. The molecule has 0 amide bonds. The summed E-state index contributed by atoms with van der Waals surface area (Å²) in [4.78, 5) is 11.1. The van der Waals surface area contributed by atoms with Gasteiger partial charge in [0, 0.05) is 6.92 Å². The number of rotatable bonds is 3. The minimum Gasteiger partial charge on any atom is -0.462 e. The molecular formula is C15H28O2. The predicted octanol–water partition coefficient (Wildman–Crippen LogP) is 4.18. The van der Waals surface area contributed by atoms with Crippen LogP contribution in [0.3, 0.4) is 0 Å². The lowest BCUT2D eigenvalue weighted by atomic mass is 9.68. The zero-order valence-electron chi connectivity index (χ0n) is 12.1. The second-order valence-corrected chi connectivity index (χ2v) is 6.53. The van der Waals surface area contributed by atoms with Crippen LogP contribution in [0.1, 0.15) is 66.7 Å². The largest absolute Gasteiger partial charge is 0.462 e. The van der Waals surface area contributed by atoms with E-state index in [2.05, 4.69) is 27.7 Å². The molecule has 2 nitrogen and oxygen atoms in total. The highest BCUT2D eigenvalue weighted by molar-refractivity contribution is 5.66. The first-order chi connectivity index (χ1) is 7.84. The number of hydrogen-bond acceptors (Lipinski definition) is 2. The summed E-state index contributed by atoms with van der Waals surface area (Å²) in [5.74, 6) is 1.28. The van der Waals surface area contributed by atoms with Crippen LogP contribution in [0, 0.1) is 17.3 Å². The summed E-state index contributed by atoms with van der Waals surface area (Å²) in [7, 11) is 0. The topological polar surface area (TPSA) is 26.3 Å². The van der Waals surface area contributed by atoms with Gasteiger partial charge in [-0.3, -0.25) is 4.79 Å². The number of esters is 1. The summed E-state index contributed by atoms with van der Waals surface area (Å²) in [5.41, 5.74) is 0.425. The Balaban J connectivity index is 2.47. The third-order valence-electron chi connectivity index (χ3n) is 4.24. The molecule has 0 aromatic heterocycles. The van der Waals surface area contributed by atoms with Crippen LogP contribution in [0.15, 0.2) is 0 Å². The van der Waals surface area contributed by atoms with E-state index >= 15 is 0 Å². The number of carbonyl (C=O) groups is 1. The summed E-state index contributed by atoms with van der Waals surface area (Å²) in [6, 6.07) is 0. The van der Waals surface area contributed by atoms with Crippen molar-refractivity contribution in [2.45, 2.75) is 72.8 Å². The molecule has 2 heteroatoms. The van der Waals surface area contributed by atoms with Gasteiger partial charge >= 0.3 is 5.97 Å². The molecule has 0 bridgehead atoms. The molecule has 1 aliphatic carbocycles. The second kappa shape index (κ2) is 5.88. The van der Waals surface area contributed by atoms with Crippen molar-refractivity contribution in [1.82, 2.24) is 0 Å². The van der Waals surface area contributed by atoms with Gasteiger partial charge in [0.1, 0.15) is 6.10 Å². The van der Waals surface area contributed by atoms with E-state index in [1.807, 2.05) is 0 Å². The second-order valence-electron chi connectivity index (χ2n) is 6.53. The molecule has 1 aliphatic rings. The van der Waals surface area contributed by atoms with Crippen LogP contribution in [-0.2, 0) is 9.53 Å². The lowest BCUT2D eigenvalue weighted by Crippen LogP contribution is -2.32. The molecule has 100 valence electrons. The summed E-state index contributed by atoms with van der Waals surface area (Å²) in [6.07, 6.45) is 6.09. The lowest BCUT2D eigenvalue weighted by molar-refractivity contribution is -0.150. The quantitative estimate of drug-likeness (QED) is 0.692. The first-order valence-electron chi connectivity index (χ1n) is 7.01.